The topological polar surface area (TPSA) is 69.1 Å². The highest BCUT2D eigenvalue weighted by Crippen LogP contribution is 2.25. The molecule has 1 aromatic carbocycles. The number of benzene rings is 1. The van der Waals surface area contributed by atoms with Crippen LogP contribution in [0.5, 0.6) is 0 Å². The molecule has 2 N–H and O–H groups in total. The second-order valence-corrected chi connectivity index (χ2v) is 6.52. The van der Waals surface area contributed by atoms with Crippen molar-refractivity contribution in [3.8, 4) is 0 Å². The number of thioether (sulfide) groups is 2. The van der Waals surface area contributed by atoms with Crippen LogP contribution in [-0.2, 0) is 5.75 Å². The second-order valence-electron chi connectivity index (χ2n) is 4.31. The molecule has 0 unspecified atom stereocenters. The molecule has 0 radical (unpaired) electrons. The van der Waals surface area contributed by atoms with Crippen LogP contribution < -0.4 is 5.73 Å². The van der Waals surface area contributed by atoms with E-state index in [1.54, 1.807) is 11.8 Å². The number of nitrogen functional groups attached to an aromatic ring is 1. The van der Waals surface area contributed by atoms with Gasteiger partial charge in [0.05, 0.1) is 11.5 Å². The van der Waals surface area contributed by atoms with E-state index < -0.39 is 0 Å². The minimum Gasteiger partial charge on any atom is -0.399 e. The summed E-state index contributed by atoms with van der Waals surface area (Å²) in [6, 6.07) is 7.81. The zero-order valence-electron chi connectivity index (χ0n) is 11.1. The van der Waals surface area contributed by atoms with Gasteiger partial charge in [-0.3, -0.25) is 0 Å². The lowest BCUT2D eigenvalue weighted by molar-refractivity contribution is 0.731. The quantitative estimate of drug-likeness (QED) is 0.879. The molecule has 1 aliphatic rings. The van der Waals surface area contributed by atoms with Gasteiger partial charge in [-0.1, -0.05) is 30.8 Å². The molecule has 0 bridgehead atoms. The highest BCUT2D eigenvalue weighted by atomic mass is 32.2. The fraction of sp³-hybridized carbons (Fsp3) is 0.308. The molecule has 1 aromatic heterocycles. The number of anilines is 1. The number of nitrogens with two attached hydrogens (primary N) is 1. The van der Waals surface area contributed by atoms with E-state index in [1.807, 2.05) is 40.7 Å². The van der Waals surface area contributed by atoms with Gasteiger partial charge in [0.2, 0.25) is 5.16 Å². The van der Waals surface area contributed by atoms with Crippen molar-refractivity contribution in [2.24, 2.45) is 5.10 Å². The summed E-state index contributed by atoms with van der Waals surface area (Å²) in [5, 5.41) is 14.0. The van der Waals surface area contributed by atoms with E-state index in [0.29, 0.717) is 0 Å². The third-order valence-corrected chi connectivity index (χ3v) is 4.72. The molecule has 0 saturated carbocycles. The first-order valence-electron chi connectivity index (χ1n) is 6.36. The molecule has 0 aliphatic carbocycles. The van der Waals surface area contributed by atoms with Crippen LogP contribution in [0.4, 0.5) is 5.69 Å². The van der Waals surface area contributed by atoms with Crippen molar-refractivity contribution in [1.82, 2.24) is 14.9 Å². The van der Waals surface area contributed by atoms with Crippen molar-refractivity contribution < 1.29 is 0 Å². The molecule has 0 fully saturated rings. The number of rotatable bonds is 4. The van der Waals surface area contributed by atoms with Crippen LogP contribution in [0.25, 0.3) is 0 Å². The number of aromatic nitrogens is 3. The van der Waals surface area contributed by atoms with Crippen LogP contribution in [0.3, 0.4) is 0 Å². The van der Waals surface area contributed by atoms with Crippen LogP contribution in [-0.4, -0.2) is 32.1 Å². The maximum absolute atomic E-state index is 5.72. The Morgan fingerprint density at radius 1 is 1.30 bits per heavy atom. The first-order valence-corrected chi connectivity index (χ1v) is 8.50. The number of fused-ring (bicyclic) bond motifs is 1. The average molecular weight is 305 g/mol. The standard InChI is InChI=1S/C13H15N5S2/c1-2-19-8-12-15-16-13-18(12)17-11(7-20-13)9-3-5-10(14)6-4-9/h3-6H,2,7-8,14H2,1H3. The Balaban J connectivity index is 1.92. The Morgan fingerprint density at radius 3 is 2.85 bits per heavy atom. The van der Waals surface area contributed by atoms with E-state index in [-0.39, 0.29) is 0 Å². The first kappa shape index (κ1) is 13.5. The van der Waals surface area contributed by atoms with E-state index in [9.17, 15) is 0 Å². The molecule has 1 aliphatic heterocycles. The lowest BCUT2D eigenvalue weighted by Crippen LogP contribution is -2.14. The molecular weight excluding hydrogens is 290 g/mol. The largest absolute Gasteiger partial charge is 0.399 e. The molecule has 0 amide bonds. The van der Waals surface area contributed by atoms with Gasteiger partial charge in [0.1, 0.15) is 0 Å². The summed E-state index contributed by atoms with van der Waals surface area (Å²) in [5.41, 5.74) is 8.62. The third-order valence-electron chi connectivity index (χ3n) is 2.91. The van der Waals surface area contributed by atoms with Crippen molar-refractivity contribution in [2.45, 2.75) is 17.8 Å². The SMILES string of the molecule is CCSCc1nnc2n1N=C(c1ccc(N)cc1)CS2. The summed E-state index contributed by atoms with van der Waals surface area (Å²) < 4.78 is 1.86. The van der Waals surface area contributed by atoms with Crippen molar-refractivity contribution in [2.75, 3.05) is 17.2 Å². The predicted molar refractivity (Wildman–Crippen MR) is 85.4 cm³/mol. The Bertz CT molecular complexity index is 633. The summed E-state index contributed by atoms with van der Waals surface area (Å²) in [5.74, 6) is 3.61. The van der Waals surface area contributed by atoms with Gasteiger partial charge < -0.3 is 5.73 Å². The highest BCUT2D eigenvalue weighted by molar-refractivity contribution is 8.00. The van der Waals surface area contributed by atoms with Gasteiger partial charge in [0, 0.05) is 11.4 Å². The Hall–Kier alpha value is -1.47. The van der Waals surface area contributed by atoms with Crippen LogP contribution in [0, 0.1) is 0 Å². The summed E-state index contributed by atoms with van der Waals surface area (Å²) in [6.45, 7) is 2.13. The van der Waals surface area contributed by atoms with Crippen LogP contribution >= 0.6 is 23.5 Å². The molecule has 3 rings (SSSR count). The van der Waals surface area contributed by atoms with E-state index in [2.05, 4.69) is 17.1 Å². The highest BCUT2D eigenvalue weighted by Gasteiger charge is 2.19. The summed E-state index contributed by atoms with van der Waals surface area (Å²) in [7, 11) is 0. The van der Waals surface area contributed by atoms with Gasteiger partial charge >= 0.3 is 0 Å². The Kier molecular flexibility index (Phi) is 3.98. The molecule has 2 heterocycles. The van der Waals surface area contributed by atoms with Crippen molar-refractivity contribution in [3.05, 3.63) is 35.7 Å². The lowest BCUT2D eigenvalue weighted by atomic mass is 10.1. The molecule has 0 saturated heterocycles. The van der Waals surface area contributed by atoms with Crippen LogP contribution in [0.15, 0.2) is 34.5 Å². The van der Waals surface area contributed by atoms with Crippen molar-refractivity contribution in [1.29, 1.82) is 0 Å². The normalized spacial score (nSPS) is 13.9. The molecule has 7 heteroatoms. The van der Waals surface area contributed by atoms with Gasteiger partial charge in [-0.15, -0.1) is 10.2 Å². The van der Waals surface area contributed by atoms with Crippen LogP contribution in [0.2, 0.25) is 0 Å². The van der Waals surface area contributed by atoms with Crippen LogP contribution in [0.1, 0.15) is 18.3 Å². The number of hydrogen-bond acceptors (Lipinski definition) is 6. The molecule has 5 nitrogen and oxygen atoms in total. The first-order chi connectivity index (χ1) is 9.78. The van der Waals surface area contributed by atoms with Gasteiger partial charge in [0.15, 0.2) is 5.82 Å². The zero-order chi connectivity index (χ0) is 13.9. The second kappa shape index (κ2) is 5.88. The molecule has 104 valence electrons. The molecule has 20 heavy (non-hydrogen) atoms. The van der Waals surface area contributed by atoms with Gasteiger partial charge in [0.25, 0.3) is 0 Å². The maximum Gasteiger partial charge on any atom is 0.212 e. The Labute approximate surface area is 126 Å². The van der Waals surface area contributed by atoms with Crippen molar-refractivity contribution >= 4 is 34.9 Å². The molecule has 0 atom stereocenters. The molecule has 2 aromatic rings. The third kappa shape index (κ3) is 2.69. The number of hydrogen-bond donors (Lipinski definition) is 1. The zero-order valence-corrected chi connectivity index (χ0v) is 12.7. The summed E-state index contributed by atoms with van der Waals surface area (Å²) >= 11 is 3.49. The fourth-order valence-corrected chi connectivity index (χ4v) is 3.29. The average Bonchev–Trinajstić information content (AvgIpc) is 2.88. The van der Waals surface area contributed by atoms with Gasteiger partial charge in [-0.2, -0.15) is 21.5 Å². The van der Waals surface area contributed by atoms with E-state index in [0.717, 1.165) is 45.2 Å². The lowest BCUT2D eigenvalue weighted by Gasteiger charge is -2.13. The molecular formula is C13H15N5S2. The fourth-order valence-electron chi connectivity index (χ4n) is 1.87. The van der Waals surface area contributed by atoms with Gasteiger partial charge in [-0.25, -0.2) is 0 Å². The predicted octanol–water partition coefficient (Wildman–Crippen LogP) is 2.47. The monoisotopic (exact) mass is 305 g/mol. The van der Waals surface area contributed by atoms with E-state index in [1.165, 1.54) is 0 Å². The van der Waals surface area contributed by atoms with E-state index >= 15 is 0 Å². The summed E-state index contributed by atoms with van der Waals surface area (Å²) in [4.78, 5) is 0. The minimum atomic E-state index is 0.767. The van der Waals surface area contributed by atoms with Crippen molar-refractivity contribution in [3.63, 3.8) is 0 Å². The maximum atomic E-state index is 5.72. The van der Waals surface area contributed by atoms with Gasteiger partial charge in [-0.05, 0) is 23.4 Å². The molecule has 0 spiro atoms. The Morgan fingerprint density at radius 2 is 2.10 bits per heavy atom. The van der Waals surface area contributed by atoms with E-state index in [4.69, 9.17) is 10.8 Å². The summed E-state index contributed by atoms with van der Waals surface area (Å²) in [6.07, 6.45) is 0. The minimum absolute atomic E-state index is 0.767. The number of nitrogens with zero attached hydrogens (tertiary/aromatic N) is 4. The smallest absolute Gasteiger partial charge is 0.212 e.